The van der Waals surface area contributed by atoms with Gasteiger partial charge in [0.25, 0.3) is 11.1 Å². The van der Waals surface area contributed by atoms with E-state index in [4.69, 9.17) is 9.15 Å². The lowest BCUT2D eigenvalue weighted by Gasteiger charge is -2.11. The van der Waals surface area contributed by atoms with Gasteiger partial charge in [-0.3, -0.25) is 4.79 Å². The molecule has 3 aromatic rings. The normalized spacial score (nSPS) is 11.9. The zero-order valence-electron chi connectivity index (χ0n) is 16.4. The summed E-state index contributed by atoms with van der Waals surface area (Å²) < 4.78 is 11.4. The molecular weight excluding hydrogens is 374 g/mol. The first-order valence-electron chi connectivity index (χ1n) is 8.98. The molecule has 0 saturated carbocycles. The lowest BCUT2D eigenvalue weighted by atomic mass is 10.1. The smallest absolute Gasteiger partial charge is 0.277 e. The standard InChI is InChI=1S/C21H23N3O3S/c1-13-9-10-15(3)18(11-13)26-12-19-23-24-21(27-19)28-16(4)20(25)22-17-8-6-5-7-14(17)2/h5-11,16H,12H2,1-4H3,(H,22,25). The molecule has 0 aliphatic carbocycles. The van der Waals surface area contributed by atoms with Gasteiger partial charge in [0.2, 0.25) is 5.91 Å². The van der Waals surface area contributed by atoms with Crippen LogP contribution in [0, 0.1) is 20.8 Å². The summed E-state index contributed by atoms with van der Waals surface area (Å²) in [4.78, 5) is 12.4. The minimum Gasteiger partial charge on any atom is -0.484 e. The van der Waals surface area contributed by atoms with Gasteiger partial charge in [-0.25, -0.2) is 0 Å². The third-order valence-electron chi connectivity index (χ3n) is 4.19. The second-order valence-electron chi connectivity index (χ2n) is 6.58. The number of anilines is 1. The van der Waals surface area contributed by atoms with Crippen molar-refractivity contribution in [3.05, 3.63) is 65.0 Å². The van der Waals surface area contributed by atoms with E-state index in [1.165, 1.54) is 11.8 Å². The summed E-state index contributed by atoms with van der Waals surface area (Å²) in [6.45, 7) is 7.93. The van der Waals surface area contributed by atoms with Gasteiger partial charge >= 0.3 is 0 Å². The highest BCUT2D eigenvalue weighted by Gasteiger charge is 2.19. The van der Waals surface area contributed by atoms with Crippen LogP contribution in [0.3, 0.4) is 0 Å². The number of rotatable bonds is 7. The molecular formula is C21H23N3O3S. The summed E-state index contributed by atoms with van der Waals surface area (Å²) in [5, 5.41) is 10.9. The van der Waals surface area contributed by atoms with Crippen molar-refractivity contribution >= 4 is 23.4 Å². The van der Waals surface area contributed by atoms with Crippen molar-refractivity contribution in [2.75, 3.05) is 5.32 Å². The predicted octanol–water partition coefficient (Wildman–Crippen LogP) is 4.69. The average Bonchev–Trinajstić information content (AvgIpc) is 3.11. The number of carbonyl (C=O) groups is 1. The van der Waals surface area contributed by atoms with Gasteiger partial charge in [0, 0.05) is 5.69 Å². The van der Waals surface area contributed by atoms with Gasteiger partial charge in [-0.1, -0.05) is 42.1 Å². The first-order chi connectivity index (χ1) is 13.4. The molecule has 3 rings (SSSR count). The lowest BCUT2D eigenvalue weighted by Crippen LogP contribution is -2.22. The number of hydrogen-bond donors (Lipinski definition) is 1. The Morgan fingerprint density at radius 2 is 1.93 bits per heavy atom. The topological polar surface area (TPSA) is 77.2 Å². The molecule has 0 aliphatic heterocycles. The highest BCUT2D eigenvalue weighted by Crippen LogP contribution is 2.25. The van der Waals surface area contributed by atoms with Gasteiger partial charge in [0.1, 0.15) is 5.75 Å². The van der Waals surface area contributed by atoms with E-state index >= 15 is 0 Å². The van der Waals surface area contributed by atoms with Crippen molar-refractivity contribution in [1.29, 1.82) is 0 Å². The molecule has 28 heavy (non-hydrogen) atoms. The number of benzene rings is 2. The number of carbonyl (C=O) groups excluding carboxylic acids is 1. The van der Waals surface area contributed by atoms with Crippen molar-refractivity contribution in [3.8, 4) is 5.75 Å². The number of aryl methyl sites for hydroxylation is 3. The van der Waals surface area contributed by atoms with E-state index in [1.807, 2.05) is 63.2 Å². The summed E-state index contributed by atoms with van der Waals surface area (Å²) in [5.74, 6) is 1.04. The van der Waals surface area contributed by atoms with Gasteiger partial charge in [-0.05, 0) is 56.5 Å². The molecule has 0 aliphatic rings. The van der Waals surface area contributed by atoms with E-state index in [2.05, 4.69) is 15.5 Å². The number of aromatic nitrogens is 2. The zero-order valence-corrected chi connectivity index (χ0v) is 17.2. The number of amides is 1. The third kappa shape index (κ3) is 5.13. The molecule has 1 heterocycles. The quantitative estimate of drug-likeness (QED) is 0.583. The Kier molecular flexibility index (Phi) is 6.36. The van der Waals surface area contributed by atoms with Crippen LogP contribution in [0.1, 0.15) is 29.5 Å². The molecule has 2 aromatic carbocycles. The molecule has 7 heteroatoms. The molecule has 0 fully saturated rings. The predicted molar refractivity (Wildman–Crippen MR) is 110 cm³/mol. The number of thioether (sulfide) groups is 1. The first-order valence-corrected chi connectivity index (χ1v) is 9.86. The minimum atomic E-state index is -0.382. The monoisotopic (exact) mass is 397 g/mol. The minimum absolute atomic E-state index is 0.120. The number of nitrogens with one attached hydrogen (secondary N) is 1. The third-order valence-corrected chi connectivity index (χ3v) is 5.13. The van der Waals surface area contributed by atoms with Crippen molar-refractivity contribution in [2.24, 2.45) is 0 Å². The number of hydrogen-bond acceptors (Lipinski definition) is 6. The van der Waals surface area contributed by atoms with Crippen LogP contribution in [-0.4, -0.2) is 21.4 Å². The second kappa shape index (κ2) is 8.93. The highest BCUT2D eigenvalue weighted by molar-refractivity contribution is 8.00. The molecule has 6 nitrogen and oxygen atoms in total. The lowest BCUT2D eigenvalue weighted by molar-refractivity contribution is -0.115. The maximum absolute atomic E-state index is 12.4. The van der Waals surface area contributed by atoms with E-state index < -0.39 is 0 Å². The Morgan fingerprint density at radius 3 is 2.71 bits per heavy atom. The molecule has 0 radical (unpaired) electrons. The summed E-state index contributed by atoms with van der Waals surface area (Å²) in [6, 6.07) is 13.7. The van der Waals surface area contributed by atoms with E-state index in [9.17, 15) is 4.79 Å². The van der Waals surface area contributed by atoms with Crippen LogP contribution in [0.4, 0.5) is 5.69 Å². The summed E-state index contributed by atoms with van der Waals surface area (Å²) >= 11 is 1.22. The molecule has 1 N–H and O–H groups in total. The summed E-state index contributed by atoms with van der Waals surface area (Å²) in [5.41, 5.74) is 3.97. The maximum atomic E-state index is 12.4. The molecule has 146 valence electrons. The zero-order chi connectivity index (χ0) is 20.1. The SMILES string of the molecule is Cc1ccc(C)c(OCc2nnc(SC(C)C(=O)Nc3ccccc3C)o2)c1. The van der Waals surface area contributed by atoms with E-state index in [-0.39, 0.29) is 17.8 Å². The largest absolute Gasteiger partial charge is 0.484 e. The van der Waals surface area contributed by atoms with Crippen molar-refractivity contribution in [2.45, 2.75) is 44.8 Å². The second-order valence-corrected chi connectivity index (χ2v) is 7.88. The van der Waals surface area contributed by atoms with Gasteiger partial charge in [0.05, 0.1) is 5.25 Å². The fraction of sp³-hybridized carbons (Fsp3) is 0.286. The molecule has 0 spiro atoms. The van der Waals surface area contributed by atoms with Crippen LogP contribution < -0.4 is 10.1 Å². The van der Waals surface area contributed by atoms with Crippen molar-refractivity contribution in [1.82, 2.24) is 10.2 Å². The van der Waals surface area contributed by atoms with Crippen LogP contribution in [0.15, 0.2) is 52.1 Å². The molecule has 0 bridgehead atoms. The van der Waals surface area contributed by atoms with Crippen molar-refractivity contribution in [3.63, 3.8) is 0 Å². The Balaban J connectivity index is 1.55. The summed E-state index contributed by atoms with van der Waals surface area (Å²) in [6.07, 6.45) is 0. The highest BCUT2D eigenvalue weighted by atomic mass is 32.2. The van der Waals surface area contributed by atoms with E-state index in [1.54, 1.807) is 6.92 Å². The molecule has 1 unspecified atom stereocenters. The Bertz CT molecular complexity index is 971. The van der Waals surface area contributed by atoms with Crippen LogP contribution >= 0.6 is 11.8 Å². The van der Waals surface area contributed by atoms with Crippen LogP contribution in [0.25, 0.3) is 0 Å². The Morgan fingerprint density at radius 1 is 1.14 bits per heavy atom. The molecule has 0 saturated heterocycles. The summed E-state index contributed by atoms with van der Waals surface area (Å²) in [7, 11) is 0. The fourth-order valence-corrected chi connectivity index (χ4v) is 3.20. The fourth-order valence-electron chi connectivity index (χ4n) is 2.50. The van der Waals surface area contributed by atoms with Gasteiger partial charge in [-0.15, -0.1) is 10.2 Å². The molecule has 1 amide bonds. The van der Waals surface area contributed by atoms with Crippen LogP contribution in [0.2, 0.25) is 0 Å². The van der Waals surface area contributed by atoms with Gasteiger partial charge in [-0.2, -0.15) is 0 Å². The van der Waals surface area contributed by atoms with Crippen molar-refractivity contribution < 1.29 is 13.9 Å². The van der Waals surface area contributed by atoms with Gasteiger partial charge < -0.3 is 14.5 Å². The molecule has 1 aromatic heterocycles. The van der Waals surface area contributed by atoms with Crippen LogP contribution in [-0.2, 0) is 11.4 Å². The van der Waals surface area contributed by atoms with Gasteiger partial charge in [0.15, 0.2) is 6.61 Å². The molecule has 1 atom stereocenters. The van der Waals surface area contributed by atoms with E-state index in [0.717, 1.165) is 28.1 Å². The number of nitrogens with zero attached hydrogens (tertiary/aromatic N) is 2. The number of ether oxygens (including phenoxy) is 1. The first kappa shape index (κ1) is 19.9. The Hall–Kier alpha value is -2.80. The number of para-hydroxylation sites is 1. The maximum Gasteiger partial charge on any atom is 0.277 e. The average molecular weight is 398 g/mol. The van der Waals surface area contributed by atoms with Crippen LogP contribution in [0.5, 0.6) is 5.75 Å². The van der Waals surface area contributed by atoms with E-state index in [0.29, 0.717) is 11.1 Å². The Labute approximate surface area is 168 Å².